The monoisotopic (exact) mass is 1090 g/mol. The molecule has 0 aliphatic rings. The van der Waals surface area contributed by atoms with Gasteiger partial charge in [0.15, 0.2) is 6.10 Å². The molecule has 0 rings (SSSR count). The summed E-state index contributed by atoms with van der Waals surface area (Å²) in [6, 6.07) is 0. The maximum atomic E-state index is 12.9. The maximum Gasteiger partial charge on any atom is 0.306 e. The van der Waals surface area contributed by atoms with Crippen LogP contribution in [-0.2, 0) is 28.6 Å². The van der Waals surface area contributed by atoms with Crippen molar-refractivity contribution in [3.8, 4) is 0 Å². The molecule has 0 radical (unpaired) electrons. The number of allylic oxidation sites excluding steroid dienone is 10. The van der Waals surface area contributed by atoms with Gasteiger partial charge in [0.1, 0.15) is 13.2 Å². The van der Waals surface area contributed by atoms with E-state index in [0.717, 1.165) is 89.9 Å². The second-order valence-corrected chi connectivity index (χ2v) is 23.1. The predicted molar refractivity (Wildman–Crippen MR) is 339 cm³/mol. The molecular weight excluding hydrogens is 961 g/mol. The lowest BCUT2D eigenvalue weighted by molar-refractivity contribution is -0.167. The molecule has 6 heteroatoms. The summed E-state index contributed by atoms with van der Waals surface area (Å²) in [6.07, 6.45) is 85.4. The first kappa shape index (κ1) is 75.1. The highest BCUT2D eigenvalue weighted by Gasteiger charge is 2.19. The molecule has 0 saturated heterocycles. The minimum Gasteiger partial charge on any atom is -0.462 e. The second kappa shape index (κ2) is 66.6. The van der Waals surface area contributed by atoms with Gasteiger partial charge in [-0.1, -0.05) is 319 Å². The van der Waals surface area contributed by atoms with E-state index in [-0.39, 0.29) is 31.1 Å². The quantitative estimate of drug-likeness (QED) is 0.0261. The molecule has 0 aromatic heterocycles. The van der Waals surface area contributed by atoms with Gasteiger partial charge in [-0.05, 0) is 83.5 Å². The highest BCUT2D eigenvalue weighted by molar-refractivity contribution is 5.71. The van der Waals surface area contributed by atoms with Crippen molar-refractivity contribution in [2.75, 3.05) is 13.2 Å². The largest absolute Gasteiger partial charge is 0.462 e. The number of rotatable bonds is 63. The Morgan fingerprint density at radius 3 is 0.795 bits per heavy atom. The molecule has 0 heterocycles. The fourth-order valence-corrected chi connectivity index (χ4v) is 10.1. The zero-order chi connectivity index (χ0) is 56.4. The number of hydrogen-bond donors (Lipinski definition) is 0. The Morgan fingerprint density at radius 2 is 0.500 bits per heavy atom. The van der Waals surface area contributed by atoms with Crippen molar-refractivity contribution < 1.29 is 28.6 Å². The lowest BCUT2D eigenvalue weighted by Gasteiger charge is -2.18. The Hall–Kier alpha value is -2.89. The van der Waals surface area contributed by atoms with Crippen LogP contribution in [0.5, 0.6) is 0 Å². The van der Waals surface area contributed by atoms with Gasteiger partial charge in [0.25, 0.3) is 0 Å². The van der Waals surface area contributed by atoms with Gasteiger partial charge in [0, 0.05) is 19.3 Å². The van der Waals surface area contributed by atoms with Crippen LogP contribution in [-0.4, -0.2) is 37.2 Å². The first-order valence-corrected chi connectivity index (χ1v) is 34.3. The van der Waals surface area contributed by atoms with Crippen molar-refractivity contribution in [1.29, 1.82) is 0 Å². The van der Waals surface area contributed by atoms with E-state index >= 15 is 0 Å². The van der Waals surface area contributed by atoms with Crippen molar-refractivity contribution in [3.63, 3.8) is 0 Å². The van der Waals surface area contributed by atoms with Crippen LogP contribution >= 0.6 is 0 Å². The highest BCUT2D eigenvalue weighted by Crippen LogP contribution is 2.18. The number of carbonyl (C=O) groups is 3. The topological polar surface area (TPSA) is 78.9 Å². The lowest BCUT2D eigenvalue weighted by Crippen LogP contribution is -2.30. The SMILES string of the molecule is CC/C=C\C/C=C\C/C=C\CCCCCC(=O)OCC(COC(=O)CCCCCCCCCCCCCCCCCCC/C=C\C/C=C\CCCCCCC)OC(=O)CCCCCCCCCCCCCCCCCCCC. The molecule has 0 aliphatic heterocycles. The van der Waals surface area contributed by atoms with Crippen molar-refractivity contribution in [2.24, 2.45) is 0 Å². The summed E-state index contributed by atoms with van der Waals surface area (Å²) < 4.78 is 16.9. The lowest BCUT2D eigenvalue weighted by atomic mass is 10.0. The molecule has 0 bridgehead atoms. The van der Waals surface area contributed by atoms with Gasteiger partial charge in [0.2, 0.25) is 0 Å². The number of carbonyl (C=O) groups excluding carboxylic acids is 3. The zero-order valence-corrected chi connectivity index (χ0v) is 52.2. The molecular formula is C72H130O6. The van der Waals surface area contributed by atoms with E-state index in [1.54, 1.807) is 0 Å². The molecule has 6 nitrogen and oxygen atoms in total. The van der Waals surface area contributed by atoms with Gasteiger partial charge in [-0.25, -0.2) is 0 Å². The first-order chi connectivity index (χ1) is 38.5. The van der Waals surface area contributed by atoms with Gasteiger partial charge < -0.3 is 14.2 Å². The first-order valence-electron chi connectivity index (χ1n) is 34.3. The summed E-state index contributed by atoms with van der Waals surface area (Å²) in [4.78, 5) is 38.3. The summed E-state index contributed by atoms with van der Waals surface area (Å²) in [6.45, 7) is 6.55. The predicted octanol–water partition coefficient (Wildman–Crippen LogP) is 23.5. The molecule has 0 amide bonds. The molecule has 454 valence electrons. The van der Waals surface area contributed by atoms with Gasteiger partial charge in [-0.15, -0.1) is 0 Å². The van der Waals surface area contributed by atoms with Crippen LogP contribution in [0.3, 0.4) is 0 Å². The third-order valence-corrected chi connectivity index (χ3v) is 15.3. The van der Waals surface area contributed by atoms with Crippen LogP contribution in [0.2, 0.25) is 0 Å². The van der Waals surface area contributed by atoms with E-state index in [1.165, 1.54) is 231 Å². The van der Waals surface area contributed by atoms with Gasteiger partial charge in [0.05, 0.1) is 0 Å². The number of hydrogen-bond acceptors (Lipinski definition) is 6. The molecule has 0 N–H and O–H groups in total. The van der Waals surface area contributed by atoms with E-state index in [1.807, 2.05) is 0 Å². The van der Waals surface area contributed by atoms with Crippen LogP contribution in [0.4, 0.5) is 0 Å². The van der Waals surface area contributed by atoms with Gasteiger partial charge >= 0.3 is 17.9 Å². The van der Waals surface area contributed by atoms with Crippen molar-refractivity contribution in [1.82, 2.24) is 0 Å². The molecule has 1 unspecified atom stereocenters. The third kappa shape index (κ3) is 63.9. The number of esters is 3. The molecule has 78 heavy (non-hydrogen) atoms. The zero-order valence-electron chi connectivity index (χ0n) is 52.2. The average Bonchev–Trinajstić information content (AvgIpc) is 3.44. The Bertz CT molecular complexity index is 1390. The number of unbranched alkanes of at least 4 members (excludes halogenated alkanes) is 42. The summed E-state index contributed by atoms with van der Waals surface area (Å²) in [5.74, 6) is -0.887. The van der Waals surface area contributed by atoms with Crippen LogP contribution in [0.15, 0.2) is 60.8 Å². The summed E-state index contributed by atoms with van der Waals surface area (Å²) >= 11 is 0. The van der Waals surface area contributed by atoms with Crippen molar-refractivity contribution >= 4 is 17.9 Å². The second-order valence-electron chi connectivity index (χ2n) is 23.1. The molecule has 1 atom stereocenters. The van der Waals surface area contributed by atoms with Crippen LogP contribution in [0, 0.1) is 0 Å². The molecule has 0 aromatic carbocycles. The van der Waals surface area contributed by atoms with Crippen LogP contribution in [0.25, 0.3) is 0 Å². The van der Waals surface area contributed by atoms with Crippen molar-refractivity contribution in [2.45, 2.75) is 367 Å². The Balaban J connectivity index is 4.20. The third-order valence-electron chi connectivity index (χ3n) is 15.3. The highest BCUT2D eigenvalue weighted by atomic mass is 16.6. The summed E-state index contributed by atoms with van der Waals surface area (Å²) in [5, 5.41) is 0. The Morgan fingerprint density at radius 1 is 0.269 bits per heavy atom. The van der Waals surface area contributed by atoms with E-state index < -0.39 is 6.10 Å². The molecule has 0 aliphatic carbocycles. The molecule has 0 saturated carbocycles. The van der Waals surface area contributed by atoms with Gasteiger partial charge in [-0.3, -0.25) is 14.4 Å². The average molecular weight is 1090 g/mol. The minimum atomic E-state index is -0.784. The van der Waals surface area contributed by atoms with Crippen molar-refractivity contribution in [3.05, 3.63) is 60.8 Å². The molecule has 0 spiro atoms. The van der Waals surface area contributed by atoms with Crippen LogP contribution < -0.4 is 0 Å². The minimum absolute atomic E-state index is 0.0791. The summed E-state index contributed by atoms with van der Waals surface area (Å²) in [7, 11) is 0. The van der Waals surface area contributed by atoms with E-state index in [4.69, 9.17) is 14.2 Å². The molecule has 0 aromatic rings. The normalized spacial score (nSPS) is 12.4. The summed E-state index contributed by atoms with van der Waals surface area (Å²) in [5.41, 5.74) is 0. The number of ether oxygens (including phenoxy) is 3. The Kier molecular flexibility index (Phi) is 64.2. The fourth-order valence-electron chi connectivity index (χ4n) is 10.1. The van der Waals surface area contributed by atoms with Gasteiger partial charge in [-0.2, -0.15) is 0 Å². The van der Waals surface area contributed by atoms with E-state index in [2.05, 4.69) is 81.5 Å². The van der Waals surface area contributed by atoms with E-state index in [9.17, 15) is 14.4 Å². The van der Waals surface area contributed by atoms with E-state index in [0.29, 0.717) is 19.3 Å². The smallest absolute Gasteiger partial charge is 0.306 e. The standard InChI is InChI=1S/C72H130O6/c1-4-7-10-13-16-19-22-25-27-29-31-32-33-34-35-36-37-38-39-40-41-43-44-47-50-53-56-59-62-65-71(74)77-68-69(67-76-70(73)64-61-58-55-52-49-46-24-21-18-15-12-9-6-3)78-72(75)66-63-60-57-54-51-48-45-42-30-28-26-23-20-17-14-11-8-5-2/h9,12,18,21-22,25,29,31,46,49,69H,4-8,10-11,13-17,19-20,23-24,26-28,30,32-45,47-48,50-68H2,1-3H3/b12-9-,21-18-,25-22-,31-29-,49-46-. The maximum absolute atomic E-state index is 12.9. The van der Waals surface area contributed by atoms with Crippen LogP contribution in [0.1, 0.15) is 361 Å². The molecule has 0 fully saturated rings. The Labute approximate surface area is 485 Å². The fraction of sp³-hybridized carbons (Fsp3) is 0.819.